The number of hydrogen-bond donors (Lipinski definition) is 0. The molecule has 346 valence electrons. The van der Waals surface area contributed by atoms with Crippen LogP contribution in [0.15, 0.2) is 224 Å². The third kappa shape index (κ3) is 7.07. The van der Waals surface area contributed by atoms with Crippen molar-refractivity contribution >= 4 is 65.4 Å². The molecule has 0 aliphatic carbocycles. The van der Waals surface area contributed by atoms with Gasteiger partial charge in [0.15, 0.2) is 5.82 Å². The van der Waals surface area contributed by atoms with Crippen molar-refractivity contribution in [2.45, 2.75) is 27.7 Å². The number of rotatable bonds is 7. The molecule has 0 bridgehead atoms. The van der Waals surface area contributed by atoms with Crippen LogP contribution < -0.4 is 0 Å². The third-order valence-corrected chi connectivity index (χ3v) is 14.9. The second-order valence-electron chi connectivity index (χ2n) is 19.8. The largest absolute Gasteiger partial charge is 0.309 e. The van der Waals surface area contributed by atoms with Crippen LogP contribution in [-0.2, 0) is 0 Å². The van der Waals surface area contributed by atoms with Gasteiger partial charge in [0.1, 0.15) is 0 Å². The van der Waals surface area contributed by atoms with E-state index in [-0.39, 0.29) is 0 Å². The number of aryl methyl sites for hydroxylation is 4. The summed E-state index contributed by atoms with van der Waals surface area (Å²) in [5, 5.41) is 7.45. The Labute approximate surface area is 423 Å². The molecule has 0 saturated heterocycles. The lowest BCUT2D eigenvalue weighted by atomic mass is 10.0. The minimum atomic E-state index is 0.716. The molecule has 73 heavy (non-hydrogen) atoms. The van der Waals surface area contributed by atoms with Crippen LogP contribution in [0, 0.1) is 27.7 Å². The van der Waals surface area contributed by atoms with Crippen LogP contribution in [0.2, 0.25) is 0 Å². The van der Waals surface area contributed by atoms with Crippen molar-refractivity contribution in [1.82, 2.24) is 23.7 Å². The van der Waals surface area contributed by atoms with Gasteiger partial charge in [0.05, 0.1) is 44.5 Å². The van der Waals surface area contributed by atoms with E-state index in [1.165, 1.54) is 76.6 Å². The van der Waals surface area contributed by atoms with Gasteiger partial charge in [0.2, 0.25) is 0 Å². The molecule has 0 fully saturated rings. The van der Waals surface area contributed by atoms with Crippen molar-refractivity contribution in [2.75, 3.05) is 0 Å². The van der Waals surface area contributed by atoms with Gasteiger partial charge in [-0.05, 0) is 130 Å². The second kappa shape index (κ2) is 16.6. The lowest BCUT2D eigenvalue weighted by Gasteiger charge is -2.12. The highest BCUT2D eigenvalue weighted by Gasteiger charge is 2.20. The molecule has 0 spiro atoms. The summed E-state index contributed by atoms with van der Waals surface area (Å²) < 4.78 is 7.30. The van der Waals surface area contributed by atoms with Gasteiger partial charge in [-0.25, -0.2) is 9.97 Å². The summed E-state index contributed by atoms with van der Waals surface area (Å²) in [5.74, 6) is 0.716. The molecule has 0 unspecified atom stereocenters. The molecule has 4 aromatic heterocycles. The topological polar surface area (TPSA) is 40.6 Å². The van der Waals surface area contributed by atoms with Crippen LogP contribution in [-0.4, -0.2) is 23.7 Å². The van der Waals surface area contributed by atoms with E-state index in [1.807, 2.05) is 0 Å². The molecule has 4 heterocycles. The van der Waals surface area contributed by atoms with E-state index in [2.05, 4.69) is 266 Å². The SMILES string of the molecule is Cc1ccc(-c2cc(-c3ccc(-c4ccc(-n5c6ccc(-n7c8ccccc8c8ccccc87)cc6c6cc(-n7c8ccc(C)cc8c8cc(C)ccc87)ccc65)cc4)cc3)nc(-c3ccc(C)cc3)n2)cc1. The maximum atomic E-state index is 5.12. The fourth-order valence-corrected chi connectivity index (χ4v) is 11.2. The Hall–Kier alpha value is -9.32. The van der Waals surface area contributed by atoms with Crippen molar-refractivity contribution < 1.29 is 0 Å². The number of nitrogens with zero attached hydrogens (tertiary/aromatic N) is 5. The standard InChI is InChI=1S/C68H49N5/c1-42-13-19-48(20-14-42)60-41-61(70-68(69-60)50-21-15-43(2)16-22-50)49-25-23-46(24-26-49)47-27-29-51(30-28-47)71-66-35-31-52(72-62-11-7-5-9-54(62)55-10-6-8-12-63(55)72)39-58(66)59-40-53(32-36-67(59)71)73-64-33-17-44(3)37-56(64)57-38-45(4)18-34-65(57)73/h5-41H,1-4H3. The zero-order valence-corrected chi connectivity index (χ0v) is 41.1. The summed E-state index contributed by atoms with van der Waals surface area (Å²) in [4.78, 5) is 10.2. The summed E-state index contributed by atoms with van der Waals surface area (Å²) in [6, 6.07) is 82.1. The molecule has 14 aromatic rings. The quantitative estimate of drug-likeness (QED) is 0.160. The minimum absolute atomic E-state index is 0.716. The normalized spacial score (nSPS) is 11.8. The molecule has 0 aliphatic heterocycles. The predicted molar refractivity (Wildman–Crippen MR) is 306 cm³/mol. The van der Waals surface area contributed by atoms with Crippen molar-refractivity contribution in [1.29, 1.82) is 0 Å². The van der Waals surface area contributed by atoms with E-state index in [0.29, 0.717) is 5.82 Å². The van der Waals surface area contributed by atoms with E-state index in [9.17, 15) is 0 Å². The Morgan fingerprint density at radius 3 is 1.05 bits per heavy atom. The molecule has 5 nitrogen and oxygen atoms in total. The van der Waals surface area contributed by atoms with E-state index >= 15 is 0 Å². The van der Waals surface area contributed by atoms with E-state index in [1.54, 1.807) is 0 Å². The Morgan fingerprint density at radius 2 is 0.575 bits per heavy atom. The molecule has 0 atom stereocenters. The number of para-hydroxylation sites is 2. The van der Waals surface area contributed by atoms with Crippen molar-refractivity contribution in [3.05, 3.63) is 247 Å². The number of fused-ring (bicyclic) bond motifs is 9. The molecule has 5 heteroatoms. The number of benzene rings is 10. The molecular weight excluding hydrogens is 887 g/mol. The van der Waals surface area contributed by atoms with Gasteiger partial charge >= 0.3 is 0 Å². The zero-order chi connectivity index (χ0) is 48.9. The van der Waals surface area contributed by atoms with Gasteiger partial charge in [0, 0.05) is 66.1 Å². The molecule has 10 aromatic carbocycles. The third-order valence-electron chi connectivity index (χ3n) is 14.9. The molecule has 0 aliphatic rings. The van der Waals surface area contributed by atoms with Crippen LogP contribution in [0.4, 0.5) is 0 Å². The first kappa shape index (κ1) is 42.5. The number of hydrogen-bond acceptors (Lipinski definition) is 2. The fourth-order valence-electron chi connectivity index (χ4n) is 11.2. The summed E-state index contributed by atoms with van der Waals surface area (Å²) in [5.41, 5.74) is 22.6. The van der Waals surface area contributed by atoms with Crippen molar-refractivity contribution in [2.24, 2.45) is 0 Å². The van der Waals surface area contributed by atoms with Crippen molar-refractivity contribution in [3.8, 4) is 62.1 Å². The van der Waals surface area contributed by atoms with E-state index in [0.717, 1.165) is 67.3 Å². The number of aromatic nitrogens is 5. The zero-order valence-electron chi connectivity index (χ0n) is 41.1. The monoisotopic (exact) mass is 935 g/mol. The summed E-state index contributed by atoms with van der Waals surface area (Å²) in [6.45, 7) is 8.58. The first-order chi connectivity index (χ1) is 35.8. The van der Waals surface area contributed by atoms with Gasteiger partial charge in [-0.1, -0.05) is 156 Å². The predicted octanol–water partition coefficient (Wildman–Crippen LogP) is 17.7. The smallest absolute Gasteiger partial charge is 0.160 e. The molecule has 14 rings (SSSR count). The van der Waals surface area contributed by atoms with Gasteiger partial charge in [0.25, 0.3) is 0 Å². The van der Waals surface area contributed by atoms with E-state index < -0.39 is 0 Å². The lowest BCUT2D eigenvalue weighted by Crippen LogP contribution is -1.96. The highest BCUT2D eigenvalue weighted by Crippen LogP contribution is 2.40. The average molecular weight is 936 g/mol. The Bertz CT molecular complexity index is 4320. The highest BCUT2D eigenvalue weighted by atomic mass is 15.0. The van der Waals surface area contributed by atoms with Gasteiger partial charge < -0.3 is 13.7 Å². The first-order valence-electron chi connectivity index (χ1n) is 25.1. The van der Waals surface area contributed by atoms with Gasteiger partial charge in [-0.2, -0.15) is 0 Å². The highest BCUT2D eigenvalue weighted by molar-refractivity contribution is 6.14. The van der Waals surface area contributed by atoms with Crippen LogP contribution in [0.3, 0.4) is 0 Å². The Kier molecular flexibility index (Phi) is 9.70. The maximum absolute atomic E-state index is 5.12. The molecule has 0 N–H and O–H groups in total. The van der Waals surface area contributed by atoms with Crippen LogP contribution in [0.1, 0.15) is 22.3 Å². The summed E-state index contributed by atoms with van der Waals surface area (Å²) in [6.07, 6.45) is 0. The lowest BCUT2D eigenvalue weighted by molar-refractivity contribution is 1.16. The molecule has 0 radical (unpaired) electrons. The average Bonchev–Trinajstić information content (AvgIpc) is 4.06. The van der Waals surface area contributed by atoms with Gasteiger partial charge in [-0.15, -0.1) is 0 Å². The van der Waals surface area contributed by atoms with Gasteiger partial charge in [-0.3, -0.25) is 0 Å². The molecule has 0 amide bonds. The van der Waals surface area contributed by atoms with E-state index in [4.69, 9.17) is 9.97 Å². The van der Waals surface area contributed by atoms with Crippen molar-refractivity contribution in [3.63, 3.8) is 0 Å². The van der Waals surface area contributed by atoms with Crippen LogP contribution >= 0.6 is 0 Å². The molecule has 0 saturated carbocycles. The van der Waals surface area contributed by atoms with Crippen LogP contribution in [0.25, 0.3) is 128 Å². The Morgan fingerprint density at radius 1 is 0.247 bits per heavy atom. The fraction of sp³-hybridized carbons (Fsp3) is 0.0588. The minimum Gasteiger partial charge on any atom is -0.309 e. The Balaban J connectivity index is 0.889. The molecular formula is C68H49N5. The maximum Gasteiger partial charge on any atom is 0.160 e. The first-order valence-corrected chi connectivity index (χ1v) is 25.1. The second-order valence-corrected chi connectivity index (χ2v) is 19.8. The summed E-state index contributed by atoms with van der Waals surface area (Å²) >= 11 is 0. The van der Waals surface area contributed by atoms with Crippen LogP contribution in [0.5, 0.6) is 0 Å². The summed E-state index contributed by atoms with van der Waals surface area (Å²) in [7, 11) is 0.